The van der Waals surface area contributed by atoms with Crippen molar-refractivity contribution in [2.45, 2.75) is 32.7 Å². The summed E-state index contributed by atoms with van der Waals surface area (Å²) in [5, 5.41) is 7.28. The summed E-state index contributed by atoms with van der Waals surface area (Å²) in [6, 6.07) is 5.47. The van der Waals surface area contributed by atoms with Gasteiger partial charge in [0.1, 0.15) is 17.5 Å². The van der Waals surface area contributed by atoms with Crippen LogP contribution in [0.4, 0.5) is 5.69 Å². The second-order valence-electron chi connectivity index (χ2n) is 5.08. The van der Waals surface area contributed by atoms with Crippen molar-refractivity contribution in [2.75, 3.05) is 19.5 Å². The summed E-state index contributed by atoms with van der Waals surface area (Å²) >= 11 is 0. The van der Waals surface area contributed by atoms with Gasteiger partial charge in [0.05, 0.1) is 19.9 Å². The van der Waals surface area contributed by atoms with Gasteiger partial charge in [-0.15, -0.1) is 0 Å². The minimum atomic E-state index is -0.118. The highest BCUT2D eigenvalue weighted by atomic mass is 16.5. The Labute approximate surface area is 124 Å². The third kappa shape index (κ3) is 3.45. The summed E-state index contributed by atoms with van der Waals surface area (Å²) in [6.07, 6.45) is 0. The summed E-state index contributed by atoms with van der Waals surface area (Å²) in [7, 11) is 3.24. The third-order valence-electron chi connectivity index (χ3n) is 3.12. The fraction of sp³-hybridized carbons (Fsp3) is 0.467. The SMILES string of the molecule is COc1ccc(NC(C)c2nc(C(C)C)no2)c(OC)c1. The highest BCUT2D eigenvalue weighted by Crippen LogP contribution is 2.31. The largest absolute Gasteiger partial charge is 0.497 e. The molecule has 1 N–H and O–H groups in total. The molecule has 6 nitrogen and oxygen atoms in total. The molecule has 6 heteroatoms. The van der Waals surface area contributed by atoms with E-state index < -0.39 is 0 Å². The summed E-state index contributed by atoms with van der Waals surface area (Å²) < 4.78 is 15.8. The van der Waals surface area contributed by atoms with Crippen LogP contribution in [0.5, 0.6) is 11.5 Å². The lowest BCUT2D eigenvalue weighted by Crippen LogP contribution is -2.08. The van der Waals surface area contributed by atoms with Crippen LogP contribution in [0.15, 0.2) is 22.7 Å². The zero-order valence-corrected chi connectivity index (χ0v) is 13.0. The first-order chi connectivity index (χ1) is 10.0. The second-order valence-corrected chi connectivity index (χ2v) is 5.08. The molecule has 0 saturated carbocycles. The lowest BCUT2D eigenvalue weighted by Gasteiger charge is -2.15. The fourth-order valence-corrected chi connectivity index (χ4v) is 1.87. The number of methoxy groups -OCH3 is 2. The zero-order valence-electron chi connectivity index (χ0n) is 13.0. The van der Waals surface area contributed by atoms with Crippen molar-refractivity contribution >= 4 is 5.69 Å². The topological polar surface area (TPSA) is 69.4 Å². The van der Waals surface area contributed by atoms with E-state index in [4.69, 9.17) is 14.0 Å². The number of nitrogens with one attached hydrogen (secondary N) is 1. The molecule has 21 heavy (non-hydrogen) atoms. The normalized spacial score (nSPS) is 12.3. The van der Waals surface area contributed by atoms with E-state index in [0.29, 0.717) is 17.5 Å². The molecule has 2 rings (SSSR count). The van der Waals surface area contributed by atoms with Crippen molar-refractivity contribution in [3.8, 4) is 11.5 Å². The maximum atomic E-state index is 5.36. The minimum Gasteiger partial charge on any atom is -0.497 e. The van der Waals surface area contributed by atoms with Gasteiger partial charge < -0.3 is 19.3 Å². The van der Waals surface area contributed by atoms with Crippen LogP contribution < -0.4 is 14.8 Å². The molecule has 0 aliphatic carbocycles. The van der Waals surface area contributed by atoms with Crippen molar-refractivity contribution in [1.29, 1.82) is 0 Å². The van der Waals surface area contributed by atoms with Gasteiger partial charge in [-0.05, 0) is 19.1 Å². The monoisotopic (exact) mass is 291 g/mol. The molecule has 0 saturated heterocycles. The van der Waals surface area contributed by atoms with Gasteiger partial charge in [-0.25, -0.2) is 0 Å². The van der Waals surface area contributed by atoms with Crippen LogP contribution in [-0.4, -0.2) is 24.4 Å². The van der Waals surface area contributed by atoms with E-state index in [9.17, 15) is 0 Å². The Morgan fingerprint density at radius 1 is 1.14 bits per heavy atom. The predicted octanol–water partition coefficient (Wildman–Crippen LogP) is 3.38. The number of hydrogen-bond acceptors (Lipinski definition) is 6. The lowest BCUT2D eigenvalue weighted by atomic mass is 10.2. The van der Waals surface area contributed by atoms with Gasteiger partial charge in [-0.2, -0.15) is 4.98 Å². The van der Waals surface area contributed by atoms with Gasteiger partial charge in [0.25, 0.3) is 0 Å². The number of rotatable bonds is 6. The molecule has 0 fully saturated rings. The van der Waals surface area contributed by atoms with Gasteiger partial charge in [0, 0.05) is 12.0 Å². The average Bonchev–Trinajstić information content (AvgIpc) is 2.97. The first kappa shape index (κ1) is 15.2. The molecule has 0 radical (unpaired) electrons. The van der Waals surface area contributed by atoms with Crippen LogP contribution in [0.2, 0.25) is 0 Å². The van der Waals surface area contributed by atoms with E-state index in [1.165, 1.54) is 0 Å². The Bertz CT molecular complexity index is 596. The van der Waals surface area contributed by atoms with Crippen molar-refractivity contribution in [2.24, 2.45) is 0 Å². The standard InChI is InChI=1S/C15H21N3O3/c1-9(2)14-17-15(21-18-14)10(3)16-12-7-6-11(19-4)8-13(12)20-5/h6-10,16H,1-5H3. The molecule has 0 aliphatic heterocycles. The van der Waals surface area contributed by atoms with Crippen LogP contribution >= 0.6 is 0 Å². The molecule has 0 aliphatic rings. The highest BCUT2D eigenvalue weighted by molar-refractivity contribution is 5.59. The molecule has 1 unspecified atom stereocenters. The van der Waals surface area contributed by atoms with Gasteiger partial charge in [0.15, 0.2) is 5.82 Å². The van der Waals surface area contributed by atoms with E-state index in [1.807, 2.05) is 39.0 Å². The molecule has 1 atom stereocenters. The maximum absolute atomic E-state index is 5.36. The third-order valence-corrected chi connectivity index (χ3v) is 3.12. The summed E-state index contributed by atoms with van der Waals surface area (Å²) in [5.41, 5.74) is 0.843. The molecule has 0 amide bonds. The van der Waals surface area contributed by atoms with Crippen molar-refractivity contribution in [3.05, 3.63) is 29.9 Å². The molecular weight excluding hydrogens is 270 g/mol. The van der Waals surface area contributed by atoms with E-state index >= 15 is 0 Å². The zero-order chi connectivity index (χ0) is 15.4. The quantitative estimate of drug-likeness (QED) is 0.879. The number of benzene rings is 1. The summed E-state index contributed by atoms with van der Waals surface area (Å²) in [5.74, 6) is 2.94. The molecular formula is C15H21N3O3. The molecule has 1 aromatic heterocycles. The van der Waals surface area contributed by atoms with Crippen LogP contribution in [0, 0.1) is 0 Å². The van der Waals surface area contributed by atoms with E-state index in [0.717, 1.165) is 11.4 Å². The summed E-state index contributed by atoms with van der Waals surface area (Å²) in [4.78, 5) is 4.39. The Balaban J connectivity index is 2.16. The Hall–Kier alpha value is -2.24. The molecule has 0 spiro atoms. The number of aromatic nitrogens is 2. The Morgan fingerprint density at radius 3 is 2.48 bits per heavy atom. The number of hydrogen-bond donors (Lipinski definition) is 1. The highest BCUT2D eigenvalue weighted by Gasteiger charge is 2.17. The summed E-state index contributed by atoms with van der Waals surface area (Å²) in [6.45, 7) is 6.01. The number of anilines is 1. The van der Waals surface area contributed by atoms with Crippen molar-refractivity contribution in [1.82, 2.24) is 10.1 Å². The first-order valence-electron chi connectivity index (χ1n) is 6.87. The van der Waals surface area contributed by atoms with Crippen molar-refractivity contribution < 1.29 is 14.0 Å². The molecule has 2 aromatic rings. The fourth-order valence-electron chi connectivity index (χ4n) is 1.87. The first-order valence-corrected chi connectivity index (χ1v) is 6.87. The van der Waals surface area contributed by atoms with Crippen molar-refractivity contribution in [3.63, 3.8) is 0 Å². The lowest BCUT2D eigenvalue weighted by molar-refractivity contribution is 0.360. The Kier molecular flexibility index (Phi) is 4.67. The van der Waals surface area contributed by atoms with Gasteiger partial charge >= 0.3 is 0 Å². The smallest absolute Gasteiger partial charge is 0.248 e. The van der Waals surface area contributed by atoms with Crippen LogP contribution in [0.25, 0.3) is 0 Å². The van der Waals surface area contributed by atoms with Crippen LogP contribution in [0.3, 0.4) is 0 Å². The maximum Gasteiger partial charge on any atom is 0.248 e. The van der Waals surface area contributed by atoms with Crippen LogP contribution in [-0.2, 0) is 0 Å². The number of nitrogens with zero attached hydrogens (tertiary/aromatic N) is 2. The van der Waals surface area contributed by atoms with Gasteiger partial charge in [-0.3, -0.25) is 0 Å². The average molecular weight is 291 g/mol. The van der Waals surface area contributed by atoms with E-state index in [1.54, 1.807) is 14.2 Å². The number of ether oxygens (including phenoxy) is 2. The van der Waals surface area contributed by atoms with Gasteiger partial charge in [-0.1, -0.05) is 19.0 Å². The van der Waals surface area contributed by atoms with Gasteiger partial charge in [0.2, 0.25) is 5.89 Å². The molecule has 1 heterocycles. The minimum absolute atomic E-state index is 0.118. The van der Waals surface area contributed by atoms with E-state index in [-0.39, 0.29) is 12.0 Å². The second kappa shape index (κ2) is 6.47. The predicted molar refractivity (Wildman–Crippen MR) is 80.0 cm³/mol. The van der Waals surface area contributed by atoms with Crippen LogP contribution in [0.1, 0.15) is 44.4 Å². The molecule has 1 aromatic carbocycles. The molecule has 114 valence electrons. The Morgan fingerprint density at radius 2 is 1.90 bits per heavy atom. The molecule has 0 bridgehead atoms. The van der Waals surface area contributed by atoms with E-state index in [2.05, 4.69) is 15.5 Å².